The fourth-order valence-electron chi connectivity index (χ4n) is 1.31. The fraction of sp³-hybridized carbons (Fsp3) is 0. The highest BCUT2D eigenvalue weighted by atomic mass is 32.2. The highest BCUT2D eigenvalue weighted by molar-refractivity contribution is 7.92. The molecular weight excluding hydrogens is 276 g/mol. The van der Waals surface area contributed by atoms with Crippen molar-refractivity contribution in [3.63, 3.8) is 0 Å². The lowest BCUT2D eigenvalue weighted by atomic mass is 10.3. The van der Waals surface area contributed by atoms with E-state index in [-0.39, 0.29) is 5.82 Å². The number of anilines is 2. The van der Waals surface area contributed by atoms with E-state index >= 15 is 0 Å². The summed E-state index contributed by atoms with van der Waals surface area (Å²) in [6.45, 7) is 0. The molecule has 0 aliphatic carbocycles. The molecule has 1 heterocycles. The van der Waals surface area contributed by atoms with Gasteiger partial charge in [0.1, 0.15) is 5.82 Å². The predicted molar refractivity (Wildman–Crippen MR) is 65.8 cm³/mol. The van der Waals surface area contributed by atoms with Crippen LogP contribution in [0.2, 0.25) is 0 Å². The lowest BCUT2D eigenvalue weighted by Gasteiger charge is -2.07. The third kappa shape index (κ3) is 2.97. The van der Waals surface area contributed by atoms with E-state index in [4.69, 9.17) is 5.73 Å². The third-order valence-corrected chi connectivity index (χ3v) is 3.58. The Balaban J connectivity index is 2.32. The van der Waals surface area contributed by atoms with E-state index in [9.17, 15) is 17.2 Å². The number of halogens is 2. The Morgan fingerprint density at radius 2 is 1.84 bits per heavy atom. The number of nitrogen functional groups attached to an aromatic ring is 1. The molecule has 2 rings (SSSR count). The number of sulfonamides is 1. The maximum absolute atomic E-state index is 13.0. The number of aromatic nitrogens is 1. The van der Waals surface area contributed by atoms with E-state index < -0.39 is 26.6 Å². The minimum Gasteiger partial charge on any atom is -0.397 e. The van der Waals surface area contributed by atoms with Gasteiger partial charge in [-0.3, -0.25) is 4.72 Å². The number of rotatable bonds is 3. The van der Waals surface area contributed by atoms with E-state index in [0.29, 0.717) is 11.8 Å². The summed E-state index contributed by atoms with van der Waals surface area (Å²) in [6.07, 6.45) is 1.27. The molecule has 0 spiro atoms. The molecule has 1 aromatic heterocycles. The van der Waals surface area contributed by atoms with Crippen molar-refractivity contribution in [2.45, 2.75) is 4.90 Å². The number of benzene rings is 1. The Morgan fingerprint density at radius 1 is 1.11 bits per heavy atom. The Hall–Kier alpha value is -2.22. The first-order valence-electron chi connectivity index (χ1n) is 5.08. The zero-order valence-corrected chi connectivity index (χ0v) is 10.3. The van der Waals surface area contributed by atoms with Gasteiger partial charge < -0.3 is 5.73 Å². The van der Waals surface area contributed by atoms with Gasteiger partial charge in [0.05, 0.1) is 16.8 Å². The van der Waals surface area contributed by atoms with Crippen LogP contribution < -0.4 is 10.5 Å². The number of pyridine rings is 1. The van der Waals surface area contributed by atoms with Crippen molar-refractivity contribution in [1.82, 2.24) is 4.98 Å². The first-order chi connectivity index (χ1) is 8.88. The molecule has 0 atom stereocenters. The highest BCUT2D eigenvalue weighted by Crippen LogP contribution is 2.17. The standard InChI is InChI=1S/C11H9F2N3O2S/c12-9-3-2-8(5-10(9)13)19(17,18)16-11-4-1-7(14)6-15-11/h1-6H,14H2,(H,15,16). The molecule has 0 fully saturated rings. The Morgan fingerprint density at radius 3 is 2.42 bits per heavy atom. The van der Waals surface area contributed by atoms with Crippen LogP contribution in [0.15, 0.2) is 41.4 Å². The van der Waals surface area contributed by atoms with Gasteiger partial charge >= 0.3 is 0 Å². The monoisotopic (exact) mass is 285 g/mol. The largest absolute Gasteiger partial charge is 0.397 e. The average molecular weight is 285 g/mol. The van der Waals surface area contributed by atoms with Gasteiger partial charge in [-0.15, -0.1) is 0 Å². The van der Waals surface area contributed by atoms with E-state index in [0.717, 1.165) is 12.1 Å². The summed E-state index contributed by atoms with van der Waals surface area (Å²) >= 11 is 0. The van der Waals surface area contributed by atoms with Crippen molar-refractivity contribution in [3.8, 4) is 0 Å². The summed E-state index contributed by atoms with van der Waals surface area (Å²) in [5.74, 6) is -2.34. The topological polar surface area (TPSA) is 85.1 Å². The minimum atomic E-state index is -4.03. The summed E-state index contributed by atoms with van der Waals surface area (Å²) in [4.78, 5) is 3.35. The van der Waals surface area contributed by atoms with Crippen LogP contribution in [0, 0.1) is 11.6 Å². The number of nitrogens with zero attached hydrogens (tertiary/aromatic N) is 1. The van der Waals surface area contributed by atoms with E-state index in [2.05, 4.69) is 9.71 Å². The van der Waals surface area contributed by atoms with Gasteiger partial charge in [-0.2, -0.15) is 0 Å². The third-order valence-electron chi connectivity index (χ3n) is 2.23. The van der Waals surface area contributed by atoms with Gasteiger partial charge in [-0.05, 0) is 30.3 Å². The zero-order chi connectivity index (χ0) is 14.0. The Kier molecular flexibility index (Phi) is 3.34. The van der Waals surface area contributed by atoms with Crippen LogP contribution in [0.25, 0.3) is 0 Å². The van der Waals surface area contributed by atoms with Crippen molar-refractivity contribution in [3.05, 3.63) is 48.2 Å². The van der Waals surface area contributed by atoms with Gasteiger partial charge in [0.25, 0.3) is 10.0 Å². The number of nitrogens with two attached hydrogens (primary N) is 1. The number of hydrogen-bond acceptors (Lipinski definition) is 4. The van der Waals surface area contributed by atoms with Crippen LogP contribution in [-0.4, -0.2) is 13.4 Å². The van der Waals surface area contributed by atoms with Gasteiger partial charge in [0.15, 0.2) is 11.6 Å². The molecule has 0 radical (unpaired) electrons. The molecule has 100 valence electrons. The summed E-state index contributed by atoms with van der Waals surface area (Å²) in [7, 11) is -4.03. The molecule has 0 saturated carbocycles. The van der Waals surface area contributed by atoms with Crippen molar-refractivity contribution in [2.75, 3.05) is 10.5 Å². The molecule has 1 aromatic carbocycles. The molecule has 3 N–H and O–H groups in total. The molecule has 0 aliphatic heterocycles. The molecule has 0 amide bonds. The van der Waals surface area contributed by atoms with Crippen LogP contribution in [0.3, 0.4) is 0 Å². The van der Waals surface area contributed by atoms with E-state index in [1.807, 2.05) is 0 Å². The molecule has 0 unspecified atom stereocenters. The lowest BCUT2D eigenvalue weighted by molar-refractivity contribution is 0.504. The summed E-state index contributed by atoms with van der Waals surface area (Å²) in [5.41, 5.74) is 5.78. The molecule has 0 saturated heterocycles. The van der Waals surface area contributed by atoms with Crippen molar-refractivity contribution in [2.24, 2.45) is 0 Å². The molecular formula is C11H9F2N3O2S. The molecule has 0 aliphatic rings. The molecule has 5 nitrogen and oxygen atoms in total. The van der Waals surface area contributed by atoms with Crippen LogP contribution in [0.4, 0.5) is 20.3 Å². The minimum absolute atomic E-state index is 0.0268. The molecule has 8 heteroatoms. The normalized spacial score (nSPS) is 11.3. The Bertz CT molecular complexity index is 702. The second-order valence-corrected chi connectivity index (χ2v) is 5.34. The lowest BCUT2D eigenvalue weighted by Crippen LogP contribution is -2.14. The maximum atomic E-state index is 13.0. The van der Waals surface area contributed by atoms with Crippen molar-refractivity contribution < 1.29 is 17.2 Å². The molecule has 0 bridgehead atoms. The summed E-state index contributed by atoms with van der Waals surface area (Å²) < 4.78 is 51.6. The first-order valence-corrected chi connectivity index (χ1v) is 6.56. The van der Waals surface area contributed by atoms with E-state index in [1.54, 1.807) is 0 Å². The SMILES string of the molecule is Nc1ccc(NS(=O)(=O)c2ccc(F)c(F)c2)nc1. The second-order valence-electron chi connectivity index (χ2n) is 3.66. The van der Waals surface area contributed by atoms with Gasteiger partial charge in [0.2, 0.25) is 0 Å². The van der Waals surface area contributed by atoms with Gasteiger partial charge in [0, 0.05) is 0 Å². The maximum Gasteiger partial charge on any atom is 0.263 e. The molecule has 19 heavy (non-hydrogen) atoms. The predicted octanol–water partition coefficient (Wildman–Crippen LogP) is 1.74. The van der Waals surface area contributed by atoms with Gasteiger partial charge in [-0.1, -0.05) is 0 Å². The Labute approximate surface area is 108 Å². The smallest absolute Gasteiger partial charge is 0.263 e. The molecule has 2 aromatic rings. The number of nitrogens with one attached hydrogen (secondary N) is 1. The highest BCUT2D eigenvalue weighted by Gasteiger charge is 2.17. The van der Waals surface area contributed by atoms with Crippen molar-refractivity contribution >= 4 is 21.5 Å². The van der Waals surface area contributed by atoms with Crippen LogP contribution in [0.5, 0.6) is 0 Å². The second kappa shape index (κ2) is 4.81. The van der Waals surface area contributed by atoms with E-state index in [1.165, 1.54) is 18.3 Å². The van der Waals surface area contributed by atoms with Gasteiger partial charge in [-0.25, -0.2) is 22.2 Å². The summed E-state index contributed by atoms with van der Waals surface area (Å²) in [6, 6.07) is 5.09. The zero-order valence-electron chi connectivity index (χ0n) is 9.47. The quantitative estimate of drug-likeness (QED) is 0.899. The number of hydrogen-bond donors (Lipinski definition) is 2. The average Bonchev–Trinajstić information content (AvgIpc) is 2.35. The van der Waals surface area contributed by atoms with Crippen LogP contribution in [0.1, 0.15) is 0 Å². The van der Waals surface area contributed by atoms with Crippen molar-refractivity contribution in [1.29, 1.82) is 0 Å². The summed E-state index contributed by atoms with van der Waals surface area (Å²) in [5, 5.41) is 0. The fourth-order valence-corrected chi connectivity index (χ4v) is 2.33. The van der Waals surface area contributed by atoms with Crippen LogP contribution in [-0.2, 0) is 10.0 Å². The first kappa shape index (κ1) is 13.2. The van der Waals surface area contributed by atoms with Crippen LogP contribution >= 0.6 is 0 Å².